The maximum Gasteiger partial charge on any atom is 0.107 e. The van der Waals surface area contributed by atoms with Gasteiger partial charge in [-0.05, 0) is 49.5 Å². The van der Waals surface area contributed by atoms with E-state index in [0.29, 0.717) is 18.0 Å². The fourth-order valence-corrected chi connectivity index (χ4v) is 3.64. The van der Waals surface area contributed by atoms with E-state index in [1.165, 1.54) is 0 Å². The van der Waals surface area contributed by atoms with E-state index in [2.05, 4.69) is 41.5 Å². The molecule has 0 rings (SSSR count). The lowest BCUT2D eigenvalue weighted by atomic mass is 10.3. The first kappa shape index (κ1) is 13.1. The van der Waals surface area contributed by atoms with Crippen LogP contribution in [0.5, 0.6) is 0 Å². The third-order valence-electron chi connectivity index (χ3n) is 1.27. The lowest BCUT2D eigenvalue weighted by Gasteiger charge is -2.27. The Morgan fingerprint density at radius 2 is 1.75 bits per heavy atom. The van der Waals surface area contributed by atoms with Crippen molar-refractivity contribution in [2.24, 2.45) is 0 Å². The summed E-state index contributed by atoms with van der Waals surface area (Å²) in [5.41, 5.74) is 0. The maximum atomic E-state index is 4.88. The van der Waals surface area contributed by atoms with E-state index in [0.717, 1.165) is 0 Å². The van der Waals surface area contributed by atoms with Crippen LogP contribution in [-0.4, -0.2) is 22.3 Å². The van der Waals surface area contributed by atoms with Crippen molar-refractivity contribution >= 4 is 31.2 Å². The van der Waals surface area contributed by atoms with Gasteiger partial charge in [0.15, 0.2) is 0 Å². The van der Waals surface area contributed by atoms with Crippen LogP contribution in [0.2, 0.25) is 0 Å². The molecule has 0 aliphatic heterocycles. The molecule has 1 atom stereocenters. The molecular formula is C7H18NOPS2. The zero-order chi connectivity index (χ0) is 9.56. The molecule has 2 nitrogen and oxygen atoms in total. The van der Waals surface area contributed by atoms with E-state index in [1.54, 1.807) is 21.8 Å². The summed E-state index contributed by atoms with van der Waals surface area (Å²) in [6.45, 7) is 8.81. The average Bonchev–Trinajstić information content (AvgIpc) is 1.96. The molecule has 0 amide bonds. The van der Waals surface area contributed by atoms with Crippen LogP contribution in [0.1, 0.15) is 27.7 Å². The van der Waals surface area contributed by atoms with Crippen molar-refractivity contribution in [1.29, 1.82) is 0 Å². The smallest absolute Gasteiger partial charge is 0.107 e. The molecule has 0 aliphatic carbocycles. The fourth-order valence-electron chi connectivity index (χ4n) is 0.879. The van der Waals surface area contributed by atoms with Crippen molar-refractivity contribution in [1.82, 2.24) is 4.31 Å². The number of hydrogen-bond donors (Lipinski definition) is 0. The highest BCUT2D eigenvalue weighted by Crippen LogP contribution is 2.30. The molecule has 74 valence electrons. The average molecular weight is 227 g/mol. The van der Waals surface area contributed by atoms with Crippen molar-refractivity contribution in [3.8, 4) is 0 Å². The van der Waals surface area contributed by atoms with E-state index in [9.17, 15) is 0 Å². The van der Waals surface area contributed by atoms with Crippen LogP contribution in [0.4, 0.5) is 0 Å². The van der Waals surface area contributed by atoms with Crippen molar-refractivity contribution < 1.29 is 4.52 Å². The minimum Gasteiger partial charge on any atom is -0.354 e. The van der Waals surface area contributed by atoms with Gasteiger partial charge in [-0.1, -0.05) is 0 Å². The molecule has 0 N–H and O–H groups in total. The molecule has 0 saturated heterocycles. The number of nitrogens with zero attached hydrogens (tertiary/aromatic N) is 1. The normalized spacial score (nSPS) is 12.0. The third kappa shape index (κ3) is 5.65. The summed E-state index contributed by atoms with van der Waals surface area (Å²) < 4.78 is 7.24. The second-order valence-corrected chi connectivity index (χ2v) is 5.55. The molecule has 0 aromatic rings. The summed E-state index contributed by atoms with van der Waals surface area (Å²) in [6, 6.07) is 1.15. The van der Waals surface area contributed by atoms with E-state index in [1.807, 2.05) is 0 Å². The largest absolute Gasteiger partial charge is 0.354 e. The second-order valence-electron chi connectivity index (χ2n) is 3.02. The highest BCUT2D eigenvalue weighted by Gasteiger charge is 2.13. The summed E-state index contributed by atoms with van der Waals surface area (Å²) in [4.78, 5) is 0. The van der Waals surface area contributed by atoms with Gasteiger partial charge in [0.05, 0.1) is 0 Å². The lowest BCUT2D eigenvalue weighted by molar-refractivity contribution is 0.339. The molecule has 0 fully saturated rings. The van der Waals surface area contributed by atoms with Crippen LogP contribution in [0.25, 0.3) is 0 Å². The van der Waals surface area contributed by atoms with Crippen molar-refractivity contribution in [3.05, 3.63) is 0 Å². The Balaban J connectivity index is 3.64. The van der Waals surface area contributed by atoms with Gasteiger partial charge in [0, 0.05) is 21.6 Å². The Labute approximate surface area is 86.0 Å². The standard InChI is InChI=1S/C7H18NOPS2/c1-6(2)8(7(3)4)12-11-5-9-10/h6-7H,5,10H2,1-4H3. The molecule has 0 aliphatic rings. The Hall–Kier alpha value is 1.05. The molecule has 1 unspecified atom stereocenters. The van der Waals surface area contributed by atoms with Crippen LogP contribution >= 0.6 is 31.2 Å². The summed E-state index contributed by atoms with van der Waals surface area (Å²) in [5, 5.41) is 0. The molecule has 0 heterocycles. The lowest BCUT2D eigenvalue weighted by Crippen LogP contribution is -2.29. The zero-order valence-corrected chi connectivity index (χ0v) is 10.9. The molecule has 0 bridgehead atoms. The first-order valence-corrected chi connectivity index (χ1v) is 6.74. The Bertz CT molecular complexity index is 106. The Morgan fingerprint density at radius 1 is 1.25 bits per heavy atom. The van der Waals surface area contributed by atoms with Gasteiger partial charge >= 0.3 is 0 Å². The predicted molar refractivity (Wildman–Crippen MR) is 63.0 cm³/mol. The molecule has 0 spiro atoms. The predicted octanol–water partition coefficient (Wildman–Crippen LogP) is 3.17. The van der Waals surface area contributed by atoms with Gasteiger partial charge in [-0.3, -0.25) is 0 Å². The van der Waals surface area contributed by atoms with Crippen LogP contribution in [0, 0.1) is 0 Å². The Kier molecular flexibility index (Phi) is 8.11. The monoisotopic (exact) mass is 227 g/mol. The van der Waals surface area contributed by atoms with E-state index < -0.39 is 0 Å². The van der Waals surface area contributed by atoms with Gasteiger partial charge in [0.2, 0.25) is 0 Å². The molecule has 0 aromatic carbocycles. The highest BCUT2D eigenvalue weighted by atomic mass is 33.1. The molecule has 0 radical (unpaired) electrons. The molecule has 12 heavy (non-hydrogen) atoms. The minimum atomic E-state index is 0.576. The fraction of sp³-hybridized carbons (Fsp3) is 1.00. The van der Waals surface area contributed by atoms with Crippen molar-refractivity contribution in [2.75, 3.05) is 5.94 Å². The molecular weight excluding hydrogens is 209 g/mol. The van der Waals surface area contributed by atoms with E-state index in [4.69, 9.17) is 4.52 Å². The first-order chi connectivity index (χ1) is 5.59. The number of rotatable bonds is 6. The van der Waals surface area contributed by atoms with Gasteiger partial charge < -0.3 is 4.52 Å². The van der Waals surface area contributed by atoms with Crippen LogP contribution in [-0.2, 0) is 4.52 Å². The topological polar surface area (TPSA) is 12.5 Å². The SMILES string of the molecule is CC(C)N(SSCOP)C(C)C. The van der Waals surface area contributed by atoms with Gasteiger partial charge in [-0.2, -0.15) is 0 Å². The van der Waals surface area contributed by atoms with Crippen molar-refractivity contribution in [3.63, 3.8) is 0 Å². The van der Waals surface area contributed by atoms with Crippen molar-refractivity contribution in [2.45, 2.75) is 39.8 Å². The summed E-state index contributed by atoms with van der Waals surface area (Å²) >= 11 is 0. The van der Waals surface area contributed by atoms with E-state index in [-0.39, 0.29) is 0 Å². The van der Waals surface area contributed by atoms with Crippen LogP contribution < -0.4 is 0 Å². The highest BCUT2D eigenvalue weighted by molar-refractivity contribution is 8.75. The molecule has 0 aromatic heterocycles. The summed E-state index contributed by atoms with van der Waals surface area (Å²) in [6.07, 6.45) is 0. The minimum absolute atomic E-state index is 0.576. The summed E-state index contributed by atoms with van der Waals surface area (Å²) in [7, 11) is 5.75. The van der Waals surface area contributed by atoms with Gasteiger partial charge in [0.1, 0.15) is 5.94 Å². The third-order valence-corrected chi connectivity index (χ3v) is 4.16. The van der Waals surface area contributed by atoms with Crippen LogP contribution in [0.3, 0.4) is 0 Å². The molecule has 5 heteroatoms. The number of hydrogen-bond acceptors (Lipinski definition) is 4. The zero-order valence-electron chi connectivity index (χ0n) is 8.11. The van der Waals surface area contributed by atoms with Gasteiger partial charge in [-0.15, -0.1) is 0 Å². The second kappa shape index (κ2) is 7.45. The van der Waals surface area contributed by atoms with Gasteiger partial charge in [0.25, 0.3) is 0 Å². The first-order valence-electron chi connectivity index (χ1n) is 3.99. The van der Waals surface area contributed by atoms with Gasteiger partial charge in [-0.25, -0.2) is 4.31 Å². The maximum absolute atomic E-state index is 4.88. The Morgan fingerprint density at radius 3 is 2.08 bits per heavy atom. The van der Waals surface area contributed by atoms with E-state index >= 15 is 0 Å². The summed E-state index contributed by atoms with van der Waals surface area (Å²) in [5.74, 6) is 0.714. The quantitative estimate of drug-likeness (QED) is 0.227. The molecule has 0 saturated carbocycles. The van der Waals surface area contributed by atoms with Crippen LogP contribution in [0.15, 0.2) is 0 Å².